The van der Waals surface area contributed by atoms with Gasteiger partial charge < -0.3 is 0 Å². The zero-order valence-electron chi connectivity index (χ0n) is 26.6. The van der Waals surface area contributed by atoms with E-state index in [4.69, 9.17) is 0 Å². The third kappa shape index (κ3) is 9.60. The Kier molecular flexibility index (Phi) is 13.7. The van der Waals surface area contributed by atoms with Gasteiger partial charge in [-0.25, -0.2) is 0 Å². The van der Waals surface area contributed by atoms with E-state index in [9.17, 15) is 0 Å². The average molecular weight is 699 g/mol. The fraction of sp³-hybridized carbons (Fsp3) is 0. The Morgan fingerprint density at radius 2 is 0.479 bits per heavy atom. The SMILES string of the molecule is [CH]1C=Cc2ccccc21.[Co].c1ccc(P(c2ccccc2)c2ccccc2)cc1.c1ccc(P(c2ccccc2)c2ccccc2)cc1. The molecule has 0 aliphatic heterocycles. The summed E-state index contributed by atoms with van der Waals surface area (Å²) in [6.45, 7) is 0. The van der Waals surface area contributed by atoms with Crippen LogP contribution in [0.2, 0.25) is 0 Å². The summed E-state index contributed by atoms with van der Waals surface area (Å²) in [7, 11) is -0.892. The standard InChI is InChI=1S/2C18H15P.C9H7.Co/c2*1-4-10-16(11-5-1)19(17-12-6-2-7-13-17)18-14-8-3-9-15-18;1-2-5-9-7-3-6-8(9)4-1;/h2*1-15H;1-7H;. The Balaban J connectivity index is 0.000000148. The molecule has 3 heteroatoms. The van der Waals surface area contributed by atoms with Gasteiger partial charge in [0, 0.05) is 23.2 Å². The van der Waals surface area contributed by atoms with E-state index in [1.807, 2.05) is 0 Å². The van der Waals surface area contributed by atoms with Gasteiger partial charge in [0.1, 0.15) is 0 Å². The third-order valence-corrected chi connectivity index (χ3v) is 12.5. The number of hydrogen-bond donors (Lipinski definition) is 0. The van der Waals surface area contributed by atoms with Gasteiger partial charge in [-0.3, -0.25) is 0 Å². The van der Waals surface area contributed by atoms with Crippen LogP contribution in [0, 0.1) is 6.42 Å². The van der Waals surface area contributed by atoms with Crippen LogP contribution in [0.1, 0.15) is 11.1 Å². The van der Waals surface area contributed by atoms with Gasteiger partial charge in [0.2, 0.25) is 0 Å². The van der Waals surface area contributed by atoms with Crippen molar-refractivity contribution in [2.24, 2.45) is 0 Å². The molecule has 0 unspecified atom stereocenters. The summed E-state index contributed by atoms with van der Waals surface area (Å²) in [6, 6.07) is 73.0. The van der Waals surface area contributed by atoms with Crippen molar-refractivity contribution in [1.82, 2.24) is 0 Å². The summed E-state index contributed by atoms with van der Waals surface area (Å²) < 4.78 is 0. The number of fused-ring (bicyclic) bond motifs is 1. The molecule has 0 fully saturated rings. The molecule has 0 amide bonds. The summed E-state index contributed by atoms with van der Waals surface area (Å²) in [6.07, 6.45) is 6.31. The first kappa shape index (κ1) is 35.0. The molecular weight excluding hydrogens is 661 g/mol. The molecule has 1 aliphatic carbocycles. The van der Waals surface area contributed by atoms with E-state index in [-0.39, 0.29) is 16.8 Å². The minimum atomic E-state index is -0.446. The molecule has 7 aromatic rings. The average Bonchev–Trinajstić information content (AvgIpc) is 3.65. The van der Waals surface area contributed by atoms with Crippen LogP contribution in [0.15, 0.2) is 212 Å². The van der Waals surface area contributed by atoms with Crippen LogP contribution < -0.4 is 31.8 Å². The molecular formula is C45H37CoP2. The van der Waals surface area contributed by atoms with Gasteiger partial charge in [0.25, 0.3) is 0 Å². The fourth-order valence-corrected chi connectivity index (χ4v) is 10.0. The second-order valence-electron chi connectivity index (χ2n) is 10.8. The van der Waals surface area contributed by atoms with Crippen LogP contribution >= 0.6 is 15.8 Å². The van der Waals surface area contributed by atoms with Gasteiger partial charge in [-0.05, 0) is 58.8 Å². The Bertz CT molecular complexity index is 1620. The van der Waals surface area contributed by atoms with Crippen molar-refractivity contribution in [3.05, 3.63) is 230 Å². The maximum atomic E-state index is 2.23. The maximum Gasteiger partial charge on any atom is 0.0131 e. The molecule has 2 radical (unpaired) electrons. The molecule has 236 valence electrons. The van der Waals surface area contributed by atoms with E-state index >= 15 is 0 Å². The smallest absolute Gasteiger partial charge is 0.0131 e. The molecule has 0 heterocycles. The number of benzene rings is 7. The van der Waals surface area contributed by atoms with E-state index in [0.29, 0.717) is 0 Å². The monoisotopic (exact) mass is 698 g/mol. The topological polar surface area (TPSA) is 0 Å². The first-order valence-corrected chi connectivity index (χ1v) is 18.6. The molecule has 7 aromatic carbocycles. The molecule has 0 saturated heterocycles. The predicted molar refractivity (Wildman–Crippen MR) is 209 cm³/mol. The van der Waals surface area contributed by atoms with Gasteiger partial charge in [-0.2, -0.15) is 0 Å². The van der Waals surface area contributed by atoms with E-state index in [1.54, 1.807) is 0 Å². The summed E-state index contributed by atoms with van der Waals surface area (Å²) in [5.41, 5.74) is 2.66. The molecule has 0 atom stereocenters. The maximum absolute atomic E-state index is 2.23. The van der Waals surface area contributed by atoms with Gasteiger partial charge >= 0.3 is 0 Å². The Labute approximate surface area is 299 Å². The van der Waals surface area contributed by atoms with Crippen LogP contribution in [0.5, 0.6) is 0 Å². The number of allylic oxidation sites excluding steroid dienone is 1. The summed E-state index contributed by atoms with van der Waals surface area (Å²) in [5.74, 6) is 0. The summed E-state index contributed by atoms with van der Waals surface area (Å²) >= 11 is 0. The van der Waals surface area contributed by atoms with Crippen molar-refractivity contribution in [2.75, 3.05) is 0 Å². The van der Waals surface area contributed by atoms with Crippen molar-refractivity contribution in [2.45, 2.75) is 0 Å². The van der Waals surface area contributed by atoms with E-state index in [1.165, 1.54) is 43.0 Å². The van der Waals surface area contributed by atoms with E-state index < -0.39 is 15.8 Å². The third-order valence-electron chi connectivity index (χ3n) is 7.63. The minimum Gasteiger partial charge on any atom is -0.0755 e. The molecule has 0 bridgehead atoms. The van der Waals surface area contributed by atoms with Crippen molar-refractivity contribution in [3.63, 3.8) is 0 Å². The molecule has 0 nitrogen and oxygen atoms in total. The van der Waals surface area contributed by atoms with Crippen LogP contribution in [0.3, 0.4) is 0 Å². The van der Waals surface area contributed by atoms with Crippen LogP contribution in [0.4, 0.5) is 0 Å². The zero-order chi connectivity index (χ0) is 31.9. The fourth-order valence-electron chi connectivity index (χ4n) is 5.43. The van der Waals surface area contributed by atoms with Gasteiger partial charge in [0.05, 0.1) is 0 Å². The normalized spacial score (nSPS) is 11.0. The van der Waals surface area contributed by atoms with Gasteiger partial charge in [-0.1, -0.05) is 218 Å². The first-order chi connectivity index (χ1) is 23.4. The Morgan fingerprint density at radius 3 is 0.729 bits per heavy atom. The van der Waals surface area contributed by atoms with Crippen molar-refractivity contribution < 1.29 is 16.8 Å². The summed E-state index contributed by atoms with van der Waals surface area (Å²) in [4.78, 5) is 0. The minimum absolute atomic E-state index is 0. The van der Waals surface area contributed by atoms with Crippen LogP contribution in [-0.4, -0.2) is 0 Å². The largest absolute Gasteiger partial charge is 0.0755 e. The molecule has 48 heavy (non-hydrogen) atoms. The second kappa shape index (κ2) is 18.8. The molecule has 0 N–H and O–H groups in total. The molecule has 0 spiro atoms. The molecule has 1 aliphatic rings. The van der Waals surface area contributed by atoms with Crippen molar-refractivity contribution in [3.8, 4) is 0 Å². The van der Waals surface area contributed by atoms with Crippen LogP contribution in [-0.2, 0) is 16.8 Å². The zero-order valence-corrected chi connectivity index (χ0v) is 29.4. The quantitative estimate of drug-likeness (QED) is 0.152. The molecule has 8 rings (SSSR count). The van der Waals surface area contributed by atoms with Crippen molar-refractivity contribution in [1.29, 1.82) is 0 Å². The van der Waals surface area contributed by atoms with Crippen molar-refractivity contribution >= 4 is 53.7 Å². The Morgan fingerprint density at radius 1 is 0.250 bits per heavy atom. The first-order valence-electron chi connectivity index (χ1n) is 15.9. The second-order valence-corrected chi connectivity index (χ2v) is 15.3. The van der Waals surface area contributed by atoms with Gasteiger partial charge in [0.15, 0.2) is 0 Å². The Hall–Kier alpha value is -4.35. The number of rotatable bonds is 6. The van der Waals surface area contributed by atoms with Gasteiger partial charge in [-0.15, -0.1) is 0 Å². The molecule has 0 aromatic heterocycles. The number of hydrogen-bond acceptors (Lipinski definition) is 0. The van der Waals surface area contributed by atoms with E-state index in [2.05, 4.69) is 225 Å². The van der Waals surface area contributed by atoms with E-state index in [0.717, 1.165) is 0 Å². The van der Waals surface area contributed by atoms with Crippen LogP contribution in [0.25, 0.3) is 6.08 Å². The summed E-state index contributed by atoms with van der Waals surface area (Å²) in [5, 5.41) is 8.39. The predicted octanol–water partition coefficient (Wildman–Crippen LogP) is 9.15. The molecule has 0 saturated carbocycles.